The van der Waals surface area contributed by atoms with Crippen LogP contribution in [0.3, 0.4) is 0 Å². The Morgan fingerprint density at radius 1 is 1.41 bits per heavy atom. The number of nitrogens with one attached hydrogen (secondary N) is 1. The van der Waals surface area contributed by atoms with Gasteiger partial charge < -0.3 is 10.2 Å². The summed E-state index contributed by atoms with van der Waals surface area (Å²) in [4.78, 5) is 13.8. The molecule has 1 N–H and O–H groups in total. The molecule has 0 aromatic carbocycles. The minimum Gasteiger partial charge on any atom is -0.336 e. The van der Waals surface area contributed by atoms with E-state index < -0.39 is 9.84 Å². The van der Waals surface area contributed by atoms with Gasteiger partial charge in [-0.25, -0.2) is 8.42 Å². The first kappa shape index (κ1) is 12.8. The first-order valence-corrected chi connectivity index (χ1v) is 7.94. The average molecular weight is 260 g/mol. The maximum absolute atomic E-state index is 12.1. The molecule has 0 saturated carbocycles. The van der Waals surface area contributed by atoms with Crippen molar-refractivity contribution in [2.24, 2.45) is 5.92 Å². The quantitative estimate of drug-likeness (QED) is 0.735. The first-order chi connectivity index (χ1) is 7.89. The number of rotatable bonds is 2. The third-order valence-corrected chi connectivity index (χ3v) is 5.10. The zero-order valence-electron chi connectivity index (χ0n) is 10.3. The third kappa shape index (κ3) is 2.80. The molecule has 6 heteroatoms. The van der Waals surface area contributed by atoms with Crippen molar-refractivity contribution in [3.8, 4) is 0 Å². The zero-order chi connectivity index (χ0) is 12.6. The van der Waals surface area contributed by atoms with Crippen LogP contribution in [0.2, 0.25) is 0 Å². The van der Waals surface area contributed by atoms with Crippen LogP contribution in [0.25, 0.3) is 0 Å². The number of carbonyl (C=O) groups excluding carboxylic acids is 1. The Morgan fingerprint density at radius 3 is 2.76 bits per heavy atom. The Morgan fingerprint density at radius 2 is 2.12 bits per heavy atom. The molecule has 2 rings (SSSR count). The van der Waals surface area contributed by atoms with Gasteiger partial charge in [0.1, 0.15) is 0 Å². The highest BCUT2D eigenvalue weighted by atomic mass is 32.2. The molecule has 2 fully saturated rings. The van der Waals surface area contributed by atoms with Crippen LogP contribution in [-0.4, -0.2) is 55.9 Å². The molecule has 2 aliphatic heterocycles. The Balaban J connectivity index is 2.10. The molecule has 1 amide bonds. The van der Waals surface area contributed by atoms with Crippen LogP contribution >= 0.6 is 0 Å². The van der Waals surface area contributed by atoms with E-state index in [1.54, 1.807) is 4.90 Å². The predicted octanol–water partition coefficient (Wildman–Crippen LogP) is -0.370. The molecule has 2 heterocycles. The number of hydrogen-bond acceptors (Lipinski definition) is 4. The number of piperazine rings is 1. The Kier molecular flexibility index (Phi) is 3.45. The Bertz CT molecular complexity index is 405. The topological polar surface area (TPSA) is 66.5 Å². The maximum atomic E-state index is 12.1. The number of amides is 1. The largest absolute Gasteiger partial charge is 0.336 e. The lowest BCUT2D eigenvalue weighted by molar-refractivity contribution is -0.135. The van der Waals surface area contributed by atoms with Crippen LogP contribution in [0, 0.1) is 5.92 Å². The van der Waals surface area contributed by atoms with Crippen molar-refractivity contribution < 1.29 is 13.2 Å². The van der Waals surface area contributed by atoms with Gasteiger partial charge in [0.15, 0.2) is 9.84 Å². The van der Waals surface area contributed by atoms with E-state index in [0.29, 0.717) is 25.4 Å². The highest BCUT2D eigenvalue weighted by Crippen LogP contribution is 2.22. The number of nitrogens with zero attached hydrogens (tertiary/aromatic N) is 1. The van der Waals surface area contributed by atoms with Crippen LogP contribution in [-0.2, 0) is 14.6 Å². The molecule has 0 aliphatic carbocycles. The highest BCUT2D eigenvalue weighted by Gasteiger charge is 2.44. The Labute approximate surface area is 102 Å². The fraction of sp³-hybridized carbons (Fsp3) is 0.909. The standard InChI is InChI=1S/C11H20N2O3S/c1-8(2)5-11(14)13-4-3-12-9-6-17(15,16)7-10(9)13/h8-10,12H,3-7H2,1-2H3/t9-,10-/m0/s1. The van der Waals surface area contributed by atoms with Gasteiger partial charge in [-0.3, -0.25) is 4.79 Å². The van der Waals surface area contributed by atoms with E-state index in [2.05, 4.69) is 5.32 Å². The summed E-state index contributed by atoms with van der Waals surface area (Å²) in [6.45, 7) is 5.33. The summed E-state index contributed by atoms with van der Waals surface area (Å²) in [5.74, 6) is 0.694. The summed E-state index contributed by atoms with van der Waals surface area (Å²) >= 11 is 0. The van der Waals surface area contributed by atoms with E-state index in [1.807, 2.05) is 13.8 Å². The molecule has 0 unspecified atom stereocenters. The second-order valence-corrected chi connectivity index (χ2v) is 7.54. The molecular weight excluding hydrogens is 240 g/mol. The fourth-order valence-electron chi connectivity index (χ4n) is 2.64. The third-order valence-electron chi connectivity index (χ3n) is 3.39. The van der Waals surface area contributed by atoms with Gasteiger partial charge in [0.05, 0.1) is 17.5 Å². The predicted molar refractivity (Wildman–Crippen MR) is 65.4 cm³/mol. The minimum atomic E-state index is -2.98. The zero-order valence-corrected chi connectivity index (χ0v) is 11.2. The van der Waals surface area contributed by atoms with Gasteiger partial charge in [-0.05, 0) is 5.92 Å². The van der Waals surface area contributed by atoms with Gasteiger partial charge in [-0.1, -0.05) is 13.8 Å². The lowest BCUT2D eigenvalue weighted by Gasteiger charge is -2.37. The van der Waals surface area contributed by atoms with E-state index in [1.165, 1.54) is 0 Å². The lowest BCUT2D eigenvalue weighted by Crippen LogP contribution is -2.59. The SMILES string of the molecule is CC(C)CC(=O)N1CCN[C@H]2CS(=O)(=O)C[C@@H]21. The number of fused-ring (bicyclic) bond motifs is 1. The van der Waals surface area contributed by atoms with Crippen molar-refractivity contribution in [2.45, 2.75) is 32.4 Å². The molecule has 98 valence electrons. The van der Waals surface area contributed by atoms with Gasteiger partial charge in [0.25, 0.3) is 0 Å². The fourth-order valence-corrected chi connectivity index (χ4v) is 4.60. The van der Waals surface area contributed by atoms with Gasteiger partial charge in [0.2, 0.25) is 5.91 Å². The second kappa shape index (κ2) is 4.57. The molecule has 0 bridgehead atoms. The number of hydrogen-bond donors (Lipinski definition) is 1. The van der Waals surface area contributed by atoms with Gasteiger partial charge in [-0.2, -0.15) is 0 Å². The normalized spacial score (nSPS) is 31.6. The highest BCUT2D eigenvalue weighted by molar-refractivity contribution is 7.91. The van der Waals surface area contributed by atoms with Gasteiger partial charge in [-0.15, -0.1) is 0 Å². The molecule has 5 nitrogen and oxygen atoms in total. The molecule has 0 radical (unpaired) electrons. The van der Waals surface area contributed by atoms with Crippen molar-refractivity contribution in [3.05, 3.63) is 0 Å². The second-order valence-electron chi connectivity index (χ2n) is 5.39. The number of sulfone groups is 1. The summed E-state index contributed by atoms with van der Waals surface area (Å²) in [7, 11) is -2.98. The summed E-state index contributed by atoms with van der Waals surface area (Å²) in [5.41, 5.74) is 0. The van der Waals surface area contributed by atoms with E-state index in [-0.39, 0.29) is 29.5 Å². The summed E-state index contributed by atoms with van der Waals surface area (Å²) in [6.07, 6.45) is 0.503. The molecule has 17 heavy (non-hydrogen) atoms. The molecular formula is C11H20N2O3S. The van der Waals surface area contributed by atoms with Crippen LogP contribution < -0.4 is 5.32 Å². The number of carbonyl (C=O) groups is 1. The summed E-state index contributed by atoms with van der Waals surface area (Å²) < 4.78 is 23.2. The molecule has 0 aromatic heterocycles. The maximum Gasteiger partial charge on any atom is 0.223 e. The van der Waals surface area contributed by atoms with Crippen LogP contribution in [0.1, 0.15) is 20.3 Å². The molecule has 2 atom stereocenters. The van der Waals surface area contributed by atoms with Crippen molar-refractivity contribution in [1.82, 2.24) is 10.2 Å². The van der Waals surface area contributed by atoms with E-state index in [4.69, 9.17) is 0 Å². The summed E-state index contributed by atoms with van der Waals surface area (Å²) in [5, 5.41) is 3.20. The van der Waals surface area contributed by atoms with Crippen LogP contribution in [0.4, 0.5) is 0 Å². The molecule has 0 aromatic rings. The van der Waals surface area contributed by atoms with Gasteiger partial charge in [0, 0.05) is 25.6 Å². The van der Waals surface area contributed by atoms with E-state index in [9.17, 15) is 13.2 Å². The van der Waals surface area contributed by atoms with Crippen molar-refractivity contribution in [3.63, 3.8) is 0 Å². The summed E-state index contributed by atoms with van der Waals surface area (Å²) in [6, 6.07) is -0.218. The van der Waals surface area contributed by atoms with Crippen molar-refractivity contribution in [1.29, 1.82) is 0 Å². The van der Waals surface area contributed by atoms with E-state index >= 15 is 0 Å². The molecule has 0 spiro atoms. The monoisotopic (exact) mass is 260 g/mol. The smallest absolute Gasteiger partial charge is 0.223 e. The van der Waals surface area contributed by atoms with Gasteiger partial charge >= 0.3 is 0 Å². The van der Waals surface area contributed by atoms with E-state index in [0.717, 1.165) is 0 Å². The lowest BCUT2D eigenvalue weighted by atomic mass is 10.0. The first-order valence-electron chi connectivity index (χ1n) is 6.12. The Hall–Kier alpha value is -0.620. The average Bonchev–Trinajstić information content (AvgIpc) is 2.49. The van der Waals surface area contributed by atoms with Crippen molar-refractivity contribution in [2.75, 3.05) is 24.6 Å². The van der Waals surface area contributed by atoms with Crippen LogP contribution in [0.5, 0.6) is 0 Å². The van der Waals surface area contributed by atoms with Crippen LogP contribution in [0.15, 0.2) is 0 Å². The minimum absolute atomic E-state index is 0.0649. The van der Waals surface area contributed by atoms with Crippen molar-refractivity contribution >= 4 is 15.7 Å². The molecule has 2 aliphatic rings. The molecule has 2 saturated heterocycles.